The summed E-state index contributed by atoms with van der Waals surface area (Å²) < 4.78 is 27.8. The first-order valence-electron chi connectivity index (χ1n) is 6.71. The summed E-state index contributed by atoms with van der Waals surface area (Å²) in [5.41, 5.74) is 0. The maximum atomic E-state index is 13.0. The second kappa shape index (κ2) is 5.04. The monoisotopic (exact) mass is 302 g/mol. The minimum Gasteiger partial charge on any atom is -0.337 e. The van der Waals surface area contributed by atoms with E-state index in [0.29, 0.717) is 0 Å². The van der Waals surface area contributed by atoms with Crippen molar-refractivity contribution in [2.24, 2.45) is 11.8 Å². The Morgan fingerprint density at radius 3 is 2.30 bits per heavy atom. The van der Waals surface area contributed by atoms with Crippen molar-refractivity contribution in [1.82, 2.24) is 9.34 Å². The summed E-state index contributed by atoms with van der Waals surface area (Å²) >= 11 is 0. The van der Waals surface area contributed by atoms with Gasteiger partial charge < -0.3 is 4.74 Å². The number of nitrogens with zero attached hydrogens (tertiary/aromatic N) is 2. The van der Waals surface area contributed by atoms with E-state index in [9.17, 15) is 9.36 Å². The molecule has 0 unspecified atom stereocenters. The van der Waals surface area contributed by atoms with Gasteiger partial charge in [-0.3, -0.25) is 13.9 Å². The van der Waals surface area contributed by atoms with Gasteiger partial charge in [-0.2, -0.15) is 0 Å². The normalized spacial score (nSPS) is 37.2. The van der Waals surface area contributed by atoms with E-state index < -0.39 is 19.4 Å². The summed E-state index contributed by atoms with van der Waals surface area (Å²) in [5, 5.41) is 0. The van der Waals surface area contributed by atoms with Crippen LogP contribution in [-0.2, 0) is 18.6 Å². The number of hydrogen-bond donors (Lipinski definition) is 0. The van der Waals surface area contributed by atoms with Crippen LogP contribution < -0.4 is 0 Å². The molecule has 0 saturated carbocycles. The molecule has 1 fully saturated rings. The van der Waals surface area contributed by atoms with Gasteiger partial charge in [0.15, 0.2) is 0 Å². The highest BCUT2D eigenvalue weighted by atomic mass is 31.2. The molecule has 0 aromatic rings. The zero-order chi connectivity index (χ0) is 15.3. The summed E-state index contributed by atoms with van der Waals surface area (Å²) in [7, 11) is 3.51. The molecule has 2 aliphatic heterocycles. The van der Waals surface area contributed by atoms with Crippen LogP contribution in [0.3, 0.4) is 0 Å². The topological polar surface area (TPSA) is 59.1 Å². The van der Waals surface area contributed by atoms with Crippen LogP contribution >= 0.6 is 7.67 Å². The van der Waals surface area contributed by atoms with E-state index in [-0.39, 0.29) is 17.8 Å². The van der Waals surface area contributed by atoms with Crippen molar-refractivity contribution >= 4 is 13.5 Å². The number of ether oxygens (including phenoxy) is 1. The van der Waals surface area contributed by atoms with Crippen LogP contribution in [0, 0.1) is 11.8 Å². The maximum Gasteiger partial charge on any atom is 0.347 e. The van der Waals surface area contributed by atoms with E-state index in [4.69, 9.17) is 9.26 Å². The predicted octanol–water partition coefficient (Wildman–Crippen LogP) is 1.74. The first kappa shape index (κ1) is 15.9. The van der Waals surface area contributed by atoms with Crippen molar-refractivity contribution in [2.75, 3.05) is 28.2 Å². The first-order chi connectivity index (χ1) is 9.14. The molecule has 6 nitrogen and oxygen atoms in total. The summed E-state index contributed by atoms with van der Waals surface area (Å²) in [6.07, 6.45) is 3.28. The van der Waals surface area contributed by atoms with E-state index in [2.05, 4.69) is 0 Å². The van der Waals surface area contributed by atoms with Crippen LogP contribution in [-0.4, -0.2) is 55.2 Å². The molecule has 7 heteroatoms. The second-order valence-corrected chi connectivity index (χ2v) is 8.62. The van der Waals surface area contributed by atoms with Crippen molar-refractivity contribution in [2.45, 2.75) is 25.7 Å². The molecular formula is C13H23N2O4P. The lowest BCUT2D eigenvalue weighted by Gasteiger charge is -2.43. The number of Topliss-reactive ketones (excluding diaryl/α,β-unsaturated/α-hetero) is 1. The lowest BCUT2D eigenvalue weighted by molar-refractivity contribution is -0.217. The summed E-state index contributed by atoms with van der Waals surface area (Å²) in [4.78, 5) is 12.3. The molecule has 2 rings (SSSR count). The Labute approximate surface area is 120 Å². The zero-order valence-electron chi connectivity index (χ0n) is 12.9. The molecule has 0 spiro atoms. The summed E-state index contributed by atoms with van der Waals surface area (Å²) in [6, 6.07) is 0. The van der Waals surface area contributed by atoms with Crippen molar-refractivity contribution in [3.05, 3.63) is 12.2 Å². The molecule has 0 amide bonds. The van der Waals surface area contributed by atoms with Gasteiger partial charge in [-0.15, -0.1) is 0 Å². The Hall–Kier alpha value is -0.520. The molecule has 0 N–H and O–H groups in total. The number of carbonyl (C=O) groups excluding carboxylic acids is 1. The largest absolute Gasteiger partial charge is 0.347 e. The van der Waals surface area contributed by atoms with E-state index in [0.717, 1.165) is 0 Å². The maximum absolute atomic E-state index is 13.0. The third-order valence-corrected chi connectivity index (χ3v) is 6.63. The average molecular weight is 302 g/mol. The molecule has 0 aromatic carbocycles. The minimum atomic E-state index is -3.23. The first-order valence-corrected chi connectivity index (χ1v) is 8.24. The fraction of sp³-hybridized carbons (Fsp3) is 0.769. The van der Waals surface area contributed by atoms with E-state index in [1.807, 2.05) is 13.0 Å². The predicted molar refractivity (Wildman–Crippen MR) is 76.1 cm³/mol. The van der Waals surface area contributed by atoms with Gasteiger partial charge in [0, 0.05) is 5.92 Å². The van der Waals surface area contributed by atoms with Gasteiger partial charge in [0.2, 0.25) is 5.79 Å². The second-order valence-electron chi connectivity index (χ2n) is 5.85. The lowest BCUT2D eigenvalue weighted by Crippen LogP contribution is -2.52. The molecule has 2 heterocycles. The van der Waals surface area contributed by atoms with Crippen molar-refractivity contribution in [1.29, 1.82) is 0 Å². The molecule has 20 heavy (non-hydrogen) atoms. The minimum absolute atomic E-state index is 0.0790. The Kier molecular flexibility index (Phi) is 4.00. The van der Waals surface area contributed by atoms with Gasteiger partial charge >= 0.3 is 7.67 Å². The molecule has 0 aromatic heterocycles. The molecule has 2 bridgehead atoms. The number of ketones is 1. The highest BCUT2D eigenvalue weighted by Crippen LogP contribution is 2.58. The van der Waals surface area contributed by atoms with Gasteiger partial charge in [-0.1, -0.05) is 13.0 Å². The molecule has 0 aliphatic carbocycles. The summed E-state index contributed by atoms with van der Waals surface area (Å²) in [5.74, 6) is -1.83. The van der Waals surface area contributed by atoms with Gasteiger partial charge in [-0.05, 0) is 41.2 Å². The van der Waals surface area contributed by atoms with Gasteiger partial charge in [0.05, 0.1) is 12.0 Å². The number of rotatable bonds is 4. The number of fused-ring (bicyclic) bond motifs is 2. The SMILES string of the molecule is C[C@@H]1C(=O)[C@H](C)[C@H]2C=C[C@@]1(OP(=O)(N(C)C)N(C)C)O2. The highest BCUT2D eigenvalue weighted by Gasteiger charge is 2.56. The Morgan fingerprint density at radius 1 is 1.25 bits per heavy atom. The van der Waals surface area contributed by atoms with Gasteiger partial charge in [-0.25, -0.2) is 9.34 Å². The Morgan fingerprint density at radius 2 is 1.80 bits per heavy atom. The average Bonchev–Trinajstić information content (AvgIpc) is 2.77. The van der Waals surface area contributed by atoms with Crippen LogP contribution in [0.2, 0.25) is 0 Å². The molecule has 4 atom stereocenters. The van der Waals surface area contributed by atoms with Crippen LogP contribution in [0.4, 0.5) is 0 Å². The Balaban J connectivity index is 2.35. The van der Waals surface area contributed by atoms with Gasteiger partial charge in [0.1, 0.15) is 5.78 Å². The van der Waals surface area contributed by atoms with Crippen LogP contribution in [0.1, 0.15) is 13.8 Å². The Bertz CT molecular complexity index is 479. The smallest absolute Gasteiger partial charge is 0.337 e. The van der Waals surface area contributed by atoms with E-state index >= 15 is 0 Å². The number of hydrogen-bond acceptors (Lipinski definition) is 4. The van der Waals surface area contributed by atoms with E-state index in [1.54, 1.807) is 41.2 Å². The van der Waals surface area contributed by atoms with Gasteiger partial charge in [0.25, 0.3) is 0 Å². The third-order valence-electron chi connectivity index (χ3n) is 4.08. The lowest BCUT2D eigenvalue weighted by atomic mass is 9.86. The zero-order valence-corrected chi connectivity index (χ0v) is 13.8. The van der Waals surface area contributed by atoms with Crippen molar-refractivity contribution < 1.29 is 18.6 Å². The molecule has 0 radical (unpaired) electrons. The highest BCUT2D eigenvalue weighted by molar-refractivity contribution is 7.53. The van der Waals surface area contributed by atoms with Crippen LogP contribution in [0.5, 0.6) is 0 Å². The fourth-order valence-electron chi connectivity index (χ4n) is 2.63. The quantitative estimate of drug-likeness (QED) is 0.582. The molecular weight excluding hydrogens is 279 g/mol. The molecule has 2 aliphatic rings. The third kappa shape index (κ3) is 2.20. The standard InChI is InChI=1S/C13H23N2O4P/c1-9-11-7-8-13(18-11,10(2)12(9)16)19-20(17,14(3)4)15(5)6/h7-11H,1-6H3/t9-,10-,11-,13+/m1/s1. The van der Waals surface area contributed by atoms with E-state index in [1.165, 1.54) is 9.34 Å². The molecule has 114 valence electrons. The van der Waals surface area contributed by atoms with Crippen LogP contribution in [0.25, 0.3) is 0 Å². The summed E-state index contributed by atoms with van der Waals surface area (Å²) in [6.45, 7) is 3.61. The molecule has 1 saturated heterocycles. The fourth-order valence-corrected chi connectivity index (χ4v) is 4.30. The number of carbonyl (C=O) groups is 1. The van der Waals surface area contributed by atoms with Crippen molar-refractivity contribution in [3.63, 3.8) is 0 Å². The van der Waals surface area contributed by atoms with Crippen molar-refractivity contribution in [3.8, 4) is 0 Å². The van der Waals surface area contributed by atoms with Crippen LogP contribution in [0.15, 0.2) is 12.2 Å².